The molecule has 0 aliphatic rings. The van der Waals surface area contributed by atoms with Gasteiger partial charge >= 0.3 is 0 Å². The molecule has 106 valence electrons. The quantitative estimate of drug-likeness (QED) is 0.575. The van der Waals surface area contributed by atoms with Crippen LogP contribution >= 0.6 is 11.6 Å². The van der Waals surface area contributed by atoms with E-state index in [2.05, 4.69) is 0 Å². The highest BCUT2D eigenvalue weighted by Gasteiger charge is 2.08. The van der Waals surface area contributed by atoms with Crippen LogP contribution in [0.1, 0.15) is 15.9 Å². The van der Waals surface area contributed by atoms with Gasteiger partial charge in [-0.25, -0.2) is 5.48 Å². The summed E-state index contributed by atoms with van der Waals surface area (Å²) in [6.07, 6.45) is 1.96. The van der Waals surface area contributed by atoms with Gasteiger partial charge in [-0.1, -0.05) is 29.8 Å². The Morgan fingerprint density at radius 2 is 2.05 bits per heavy atom. The standard InChI is InChI=1S/C16H13ClN2O2/c17-14-3-1-2-11(8-14)10-19-7-6-12-4-5-13(9-15(12)19)16(20)18-21/h1-9,21H,10H2,(H,18,20). The first kappa shape index (κ1) is 13.7. The first-order valence-electron chi connectivity index (χ1n) is 6.45. The third-order valence-electron chi connectivity index (χ3n) is 3.38. The molecule has 0 saturated heterocycles. The summed E-state index contributed by atoms with van der Waals surface area (Å²) < 4.78 is 2.04. The zero-order valence-corrected chi connectivity index (χ0v) is 11.8. The molecular weight excluding hydrogens is 288 g/mol. The van der Waals surface area contributed by atoms with Gasteiger partial charge < -0.3 is 4.57 Å². The van der Waals surface area contributed by atoms with Crippen molar-refractivity contribution in [2.75, 3.05) is 0 Å². The lowest BCUT2D eigenvalue weighted by atomic mass is 10.1. The fraction of sp³-hybridized carbons (Fsp3) is 0.0625. The maximum atomic E-state index is 11.5. The van der Waals surface area contributed by atoms with Crippen molar-refractivity contribution in [3.63, 3.8) is 0 Å². The normalized spacial score (nSPS) is 10.8. The molecule has 1 heterocycles. The lowest BCUT2D eigenvalue weighted by molar-refractivity contribution is 0.0706. The lowest BCUT2D eigenvalue weighted by Crippen LogP contribution is -2.18. The van der Waals surface area contributed by atoms with Crippen LogP contribution < -0.4 is 5.48 Å². The Kier molecular flexibility index (Phi) is 3.64. The summed E-state index contributed by atoms with van der Waals surface area (Å²) in [5.41, 5.74) is 4.07. The largest absolute Gasteiger partial charge is 0.343 e. The number of nitrogens with zero attached hydrogens (tertiary/aromatic N) is 1. The molecule has 21 heavy (non-hydrogen) atoms. The molecule has 3 aromatic rings. The highest BCUT2D eigenvalue weighted by atomic mass is 35.5. The Bertz CT molecular complexity index is 811. The summed E-state index contributed by atoms with van der Waals surface area (Å²) in [7, 11) is 0. The van der Waals surface area contributed by atoms with E-state index >= 15 is 0 Å². The molecular formula is C16H13ClN2O2. The smallest absolute Gasteiger partial charge is 0.274 e. The zero-order chi connectivity index (χ0) is 14.8. The zero-order valence-electron chi connectivity index (χ0n) is 11.1. The number of fused-ring (bicyclic) bond motifs is 1. The van der Waals surface area contributed by atoms with E-state index in [1.807, 2.05) is 47.2 Å². The molecule has 0 fully saturated rings. The van der Waals surface area contributed by atoms with Gasteiger partial charge in [-0.05, 0) is 41.3 Å². The molecule has 0 saturated carbocycles. The Labute approximate surface area is 126 Å². The summed E-state index contributed by atoms with van der Waals surface area (Å²) in [4.78, 5) is 11.5. The number of carbonyl (C=O) groups is 1. The van der Waals surface area contributed by atoms with Crippen LogP contribution in [0, 0.1) is 0 Å². The van der Waals surface area contributed by atoms with Gasteiger partial charge in [0.1, 0.15) is 0 Å². The minimum Gasteiger partial charge on any atom is -0.343 e. The van der Waals surface area contributed by atoms with Crippen molar-refractivity contribution in [3.8, 4) is 0 Å². The van der Waals surface area contributed by atoms with Crippen molar-refractivity contribution >= 4 is 28.4 Å². The highest BCUT2D eigenvalue weighted by molar-refractivity contribution is 6.30. The monoisotopic (exact) mass is 300 g/mol. The number of hydrogen-bond donors (Lipinski definition) is 2. The molecule has 0 spiro atoms. The van der Waals surface area contributed by atoms with E-state index in [-0.39, 0.29) is 0 Å². The molecule has 0 bridgehead atoms. The molecule has 4 nitrogen and oxygen atoms in total. The van der Waals surface area contributed by atoms with Crippen LogP contribution in [-0.2, 0) is 6.54 Å². The molecule has 0 aliphatic carbocycles. The van der Waals surface area contributed by atoms with Gasteiger partial charge in [0.15, 0.2) is 0 Å². The van der Waals surface area contributed by atoms with Gasteiger partial charge in [0, 0.05) is 28.8 Å². The first-order chi connectivity index (χ1) is 10.2. The Hall–Kier alpha value is -2.30. The molecule has 0 aliphatic heterocycles. The van der Waals surface area contributed by atoms with Crippen LogP contribution in [0.2, 0.25) is 5.02 Å². The summed E-state index contributed by atoms with van der Waals surface area (Å²) in [5.74, 6) is -0.521. The molecule has 5 heteroatoms. The number of aromatic nitrogens is 1. The molecule has 1 amide bonds. The fourth-order valence-electron chi connectivity index (χ4n) is 2.36. The van der Waals surface area contributed by atoms with Crippen LogP contribution in [0.4, 0.5) is 0 Å². The predicted molar refractivity (Wildman–Crippen MR) is 81.7 cm³/mol. The number of hydroxylamine groups is 1. The molecule has 3 rings (SSSR count). The van der Waals surface area contributed by atoms with Crippen molar-refractivity contribution in [3.05, 3.63) is 70.9 Å². The number of amides is 1. The molecule has 1 aromatic heterocycles. The van der Waals surface area contributed by atoms with E-state index in [1.165, 1.54) is 0 Å². The van der Waals surface area contributed by atoms with Gasteiger partial charge in [-0.15, -0.1) is 0 Å². The number of benzene rings is 2. The van der Waals surface area contributed by atoms with Crippen LogP contribution in [0.15, 0.2) is 54.7 Å². The van der Waals surface area contributed by atoms with Crippen molar-refractivity contribution < 1.29 is 10.0 Å². The van der Waals surface area contributed by atoms with E-state index in [1.54, 1.807) is 17.6 Å². The highest BCUT2D eigenvalue weighted by Crippen LogP contribution is 2.20. The van der Waals surface area contributed by atoms with Gasteiger partial charge in [0.25, 0.3) is 5.91 Å². The minimum absolute atomic E-state index is 0.413. The van der Waals surface area contributed by atoms with Gasteiger partial charge in [0.2, 0.25) is 0 Å². The van der Waals surface area contributed by atoms with Crippen molar-refractivity contribution in [1.82, 2.24) is 10.0 Å². The maximum Gasteiger partial charge on any atom is 0.274 e. The minimum atomic E-state index is -0.521. The average molecular weight is 301 g/mol. The van der Waals surface area contributed by atoms with E-state index in [0.717, 1.165) is 16.5 Å². The number of rotatable bonds is 3. The lowest BCUT2D eigenvalue weighted by Gasteiger charge is -2.07. The van der Waals surface area contributed by atoms with Gasteiger partial charge in [-0.2, -0.15) is 0 Å². The van der Waals surface area contributed by atoms with Crippen molar-refractivity contribution in [1.29, 1.82) is 0 Å². The molecule has 2 aromatic carbocycles. The molecule has 0 atom stereocenters. The third-order valence-corrected chi connectivity index (χ3v) is 3.61. The van der Waals surface area contributed by atoms with Crippen LogP contribution in [0.5, 0.6) is 0 Å². The van der Waals surface area contributed by atoms with E-state index < -0.39 is 5.91 Å². The first-order valence-corrected chi connectivity index (χ1v) is 6.83. The van der Waals surface area contributed by atoms with E-state index in [0.29, 0.717) is 17.1 Å². The van der Waals surface area contributed by atoms with Crippen LogP contribution in [0.3, 0.4) is 0 Å². The Morgan fingerprint density at radius 1 is 1.19 bits per heavy atom. The third kappa shape index (κ3) is 2.77. The number of carbonyl (C=O) groups excluding carboxylic acids is 1. The van der Waals surface area contributed by atoms with Gasteiger partial charge in [0.05, 0.1) is 0 Å². The summed E-state index contributed by atoms with van der Waals surface area (Å²) in [5, 5.41) is 10.5. The average Bonchev–Trinajstić information content (AvgIpc) is 2.89. The second-order valence-electron chi connectivity index (χ2n) is 4.79. The van der Waals surface area contributed by atoms with E-state index in [9.17, 15) is 4.79 Å². The molecule has 0 unspecified atom stereocenters. The SMILES string of the molecule is O=C(NO)c1ccc2ccn(Cc3cccc(Cl)c3)c2c1. The maximum absolute atomic E-state index is 11.5. The number of nitrogens with one attached hydrogen (secondary N) is 1. The summed E-state index contributed by atoms with van der Waals surface area (Å²) >= 11 is 6.00. The second-order valence-corrected chi connectivity index (χ2v) is 5.22. The topological polar surface area (TPSA) is 54.3 Å². The Balaban J connectivity index is 2.00. The molecule has 0 radical (unpaired) electrons. The summed E-state index contributed by atoms with van der Waals surface area (Å²) in [6, 6.07) is 14.9. The van der Waals surface area contributed by atoms with Crippen LogP contribution in [0.25, 0.3) is 10.9 Å². The number of halogens is 1. The van der Waals surface area contributed by atoms with Crippen molar-refractivity contribution in [2.24, 2.45) is 0 Å². The second kappa shape index (κ2) is 5.60. The molecule has 2 N–H and O–H groups in total. The van der Waals surface area contributed by atoms with E-state index in [4.69, 9.17) is 16.8 Å². The van der Waals surface area contributed by atoms with Gasteiger partial charge in [-0.3, -0.25) is 10.0 Å². The summed E-state index contributed by atoms with van der Waals surface area (Å²) in [6.45, 7) is 0.661. The van der Waals surface area contributed by atoms with Crippen molar-refractivity contribution in [2.45, 2.75) is 6.54 Å². The Morgan fingerprint density at radius 3 is 2.81 bits per heavy atom. The predicted octanol–water partition coefficient (Wildman–Crippen LogP) is 3.46. The fourth-order valence-corrected chi connectivity index (χ4v) is 2.57. The number of hydrogen-bond acceptors (Lipinski definition) is 2. The van der Waals surface area contributed by atoms with Crippen LogP contribution in [-0.4, -0.2) is 15.7 Å².